The average Bonchev–Trinajstić information content (AvgIpc) is 3.09. The molecule has 2 heterocycles. The summed E-state index contributed by atoms with van der Waals surface area (Å²) in [7, 11) is 0. The van der Waals surface area contributed by atoms with Crippen LogP contribution < -0.4 is 16.2 Å². The largest absolute Gasteiger partial charge is 0.325 e. The van der Waals surface area contributed by atoms with Gasteiger partial charge in [0.1, 0.15) is 4.83 Å². The van der Waals surface area contributed by atoms with E-state index in [1.165, 1.54) is 22.2 Å². The molecule has 168 valence electrons. The molecule has 4 aromatic rings. The average molecular weight is 481 g/mol. The number of fused-ring (bicyclic) bond motifs is 1. The first-order chi connectivity index (χ1) is 15.8. The smallest absolute Gasteiger partial charge is 0.262 e. The molecule has 0 unspecified atom stereocenters. The molecule has 0 saturated carbocycles. The normalized spacial score (nSPS) is 10.9. The van der Waals surface area contributed by atoms with Crippen molar-refractivity contribution >= 4 is 56.3 Å². The molecule has 0 aliphatic carbocycles. The van der Waals surface area contributed by atoms with Gasteiger partial charge in [-0.1, -0.05) is 23.7 Å². The number of nitrogens with one attached hydrogen (secondary N) is 2. The maximum Gasteiger partial charge on any atom is 0.262 e. The predicted molar refractivity (Wildman–Crippen MR) is 132 cm³/mol. The van der Waals surface area contributed by atoms with Gasteiger partial charge < -0.3 is 10.6 Å². The van der Waals surface area contributed by atoms with Crippen molar-refractivity contribution in [3.8, 4) is 0 Å². The first-order valence-electron chi connectivity index (χ1n) is 10.2. The fourth-order valence-corrected chi connectivity index (χ4v) is 4.50. The molecule has 0 saturated heterocycles. The van der Waals surface area contributed by atoms with E-state index in [1.807, 2.05) is 13.8 Å². The number of carbonyl (C=O) groups is 2. The topological polar surface area (TPSA) is 93.1 Å². The number of hydrogen-bond donors (Lipinski definition) is 2. The van der Waals surface area contributed by atoms with Crippen LogP contribution in [0.25, 0.3) is 10.2 Å². The third-order valence-corrected chi connectivity index (χ3v) is 6.65. The molecular weight excluding hydrogens is 460 g/mol. The van der Waals surface area contributed by atoms with Crippen molar-refractivity contribution in [1.29, 1.82) is 0 Å². The molecule has 0 aliphatic rings. The number of aryl methyl sites for hydroxylation is 3. The highest BCUT2D eigenvalue weighted by atomic mass is 35.5. The molecule has 2 amide bonds. The Bertz CT molecular complexity index is 1410. The second kappa shape index (κ2) is 9.56. The minimum absolute atomic E-state index is 0.0579. The molecule has 0 spiro atoms. The Morgan fingerprint density at radius 2 is 1.79 bits per heavy atom. The van der Waals surface area contributed by atoms with E-state index in [0.717, 1.165) is 10.4 Å². The van der Waals surface area contributed by atoms with E-state index in [4.69, 9.17) is 11.6 Å². The highest BCUT2D eigenvalue weighted by Gasteiger charge is 2.15. The number of para-hydroxylation sites is 1. The van der Waals surface area contributed by atoms with Crippen LogP contribution in [-0.2, 0) is 11.3 Å². The number of aromatic nitrogens is 2. The van der Waals surface area contributed by atoms with Gasteiger partial charge in [0.05, 0.1) is 23.0 Å². The number of thiophene rings is 1. The number of halogens is 1. The van der Waals surface area contributed by atoms with E-state index in [-0.39, 0.29) is 30.3 Å². The van der Waals surface area contributed by atoms with Gasteiger partial charge in [0.15, 0.2) is 0 Å². The van der Waals surface area contributed by atoms with Crippen molar-refractivity contribution < 1.29 is 9.59 Å². The fraction of sp³-hybridized carbons (Fsp3) is 0.167. The molecule has 7 nitrogen and oxygen atoms in total. The van der Waals surface area contributed by atoms with E-state index < -0.39 is 0 Å². The molecule has 4 rings (SSSR count). The predicted octanol–water partition coefficient (Wildman–Crippen LogP) is 5.01. The lowest BCUT2D eigenvalue weighted by Crippen LogP contribution is -2.24. The number of amides is 2. The molecule has 2 aromatic carbocycles. The second-order valence-electron chi connectivity index (χ2n) is 7.51. The Morgan fingerprint density at radius 3 is 2.55 bits per heavy atom. The molecular formula is C24H21ClN4O3S. The Labute approximate surface area is 199 Å². The van der Waals surface area contributed by atoms with Crippen molar-refractivity contribution in [2.45, 2.75) is 26.8 Å². The summed E-state index contributed by atoms with van der Waals surface area (Å²) in [5.74, 6) is -0.672. The maximum absolute atomic E-state index is 12.8. The molecule has 2 N–H and O–H groups in total. The number of benzene rings is 2. The minimum Gasteiger partial charge on any atom is -0.325 e. The summed E-state index contributed by atoms with van der Waals surface area (Å²) in [6, 6.07) is 13.5. The molecule has 33 heavy (non-hydrogen) atoms. The van der Waals surface area contributed by atoms with Gasteiger partial charge >= 0.3 is 0 Å². The van der Waals surface area contributed by atoms with E-state index in [1.54, 1.807) is 48.5 Å². The van der Waals surface area contributed by atoms with Crippen LogP contribution >= 0.6 is 22.9 Å². The van der Waals surface area contributed by atoms with Gasteiger partial charge in [0, 0.05) is 28.6 Å². The fourth-order valence-electron chi connectivity index (χ4n) is 3.39. The molecule has 9 heteroatoms. The quantitative estimate of drug-likeness (QED) is 0.405. The summed E-state index contributed by atoms with van der Waals surface area (Å²) in [6.07, 6.45) is 1.53. The Hall–Kier alpha value is -3.49. The summed E-state index contributed by atoms with van der Waals surface area (Å²) < 4.78 is 1.44. The van der Waals surface area contributed by atoms with E-state index in [0.29, 0.717) is 32.2 Å². The van der Waals surface area contributed by atoms with Crippen LogP contribution in [0, 0.1) is 13.8 Å². The number of carbonyl (C=O) groups excluding carboxylic acids is 2. The maximum atomic E-state index is 12.8. The lowest BCUT2D eigenvalue weighted by molar-refractivity contribution is -0.116. The van der Waals surface area contributed by atoms with Crippen LogP contribution in [0.1, 0.15) is 27.2 Å². The number of nitrogens with zero attached hydrogens (tertiary/aromatic N) is 2. The van der Waals surface area contributed by atoms with Gasteiger partial charge in [-0.3, -0.25) is 19.0 Å². The summed E-state index contributed by atoms with van der Waals surface area (Å²) in [6.45, 7) is 4.04. The van der Waals surface area contributed by atoms with Crippen LogP contribution in [0.15, 0.2) is 59.7 Å². The van der Waals surface area contributed by atoms with Crippen LogP contribution in [0.4, 0.5) is 11.4 Å². The monoisotopic (exact) mass is 480 g/mol. The van der Waals surface area contributed by atoms with Crippen LogP contribution in [0.2, 0.25) is 5.02 Å². The van der Waals surface area contributed by atoms with Crippen molar-refractivity contribution in [2.75, 3.05) is 10.6 Å². The zero-order valence-corrected chi connectivity index (χ0v) is 19.6. The number of anilines is 2. The highest BCUT2D eigenvalue weighted by molar-refractivity contribution is 7.18. The SMILES string of the molecule is Cc1sc2ncn(CCC(=O)Nc3ccccc3C(=O)Nc3ccc(Cl)cc3)c(=O)c2c1C. The van der Waals surface area contributed by atoms with Crippen molar-refractivity contribution in [3.05, 3.63) is 86.2 Å². The zero-order valence-electron chi connectivity index (χ0n) is 18.0. The van der Waals surface area contributed by atoms with E-state index >= 15 is 0 Å². The lowest BCUT2D eigenvalue weighted by atomic mass is 10.1. The zero-order chi connectivity index (χ0) is 23.5. The van der Waals surface area contributed by atoms with Gasteiger partial charge in [-0.15, -0.1) is 11.3 Å². The van der Waals surface area contributed by atoms with Gasteiger partial charge in [-0.05, 0) is 55.8 Å². The minimum atomic E-state index is -0.359. The molecule has 0 aliphatic heterocycles. The standard InChI is InChI=1S/C24H21ClN4O3S/c1-14-15(2)33-23-21(14)24(32)29(13-26-23)12-11-20(30)28-19-6-4-3-5-18(19)22(31)27-17-9-7-16(25)8-10-17/h3-10,13H,11-12H2,1-2H3,(H,27,31)(H,28,30). The Balaban J connectivity index is 1.45. The third kappa shape index (κ3) is 4.97. The summed E-state index contributed by atoms with van der Waals surface area (Å²) >= 11 is 7.37. The van der Waals surface area contributed by atoms with Gasteiger partial charge in [-0.25, -0.2) is 4.98 Å². The summed E-state index contributed by atoms with van der Waals surface area (Å²) in [5, 5.41) is 6.73. The van der Waals surface area contributed by atoms with Crippen molar-refractivity contribution in [3.63, 3.8) is 0 Å². The van der Waals surface area contributed by atoms with Gasteiger partial charge in [0.25, 0.3) is 11.5 Å². The van der Waals surface area contributed by atoms with Crippen LogP contribution in [0.5, 0.6) is 0 Å². The first kappa shape index (κ1) is 22.7. The summed E-state index contributed by atoms with van der Waals surface area (Å²) in [4.78, 5) is 44.3. The Kier molecular flexibility index (Phi) is 6.57. The summed E-state index contributed by atoms with van der Waals surface area (Å²) in [5.41, 5.74) is 2.07. The van der Waals surface area contributed by atoms with E-state index in [2.05, 4.69) is 15.6 Å². The van der Waals surface area contributed by atoms with Gasteiger partial charge in [0.2, 0.25) is 5.91 Å². The van der Waals surface area contributed by atoms with Gasteiger partial charge in [-0.2, -0.15) is 0 Å². The Morgan fingerprint density at radius 1 is 1.06 bits per heavy atom. The highest BCUT2D eigenvalue weighted by Crippen LogP contribution is 2.25. The third-order valence-electron chi connectivity index (χ3n) is 5.28. The lowest BCUT2D eigenvalue weighted by Gasteiger charge is -2.12. The van der Waals surface area contributed by atoms with Crippen molar-refractivity contribution in [2.24, 2.45) is 0 Å². The molecule has 0 radical (unpaired) electrons. The molecule has 2 aromatic heterocycles. The number of rotatable bonds is 6. The van der Waals surface area contributed by atoms with Crippen LogP contribution in [-0.4, -0.2) is 21.4 Å². The first-order valence-corrected chi connectivity index (χ1v) is 11.4. The molecule has 0 atom stereocenters. The second-order valence-corrected chi connectivity index (χ2v) is 9.15. The molecule has 0 fully saturated rings. The van der Waals surface area contributed by atoms with Crippen LogP contribution in [0.3, 0.4) is 0 Å². The van der Waals surface area contributed by atoms with Crippen molar-refractivity contribution in [1.82, 2.24) is 9.55 Å². The number of hydrogen-bond acceptors (Lipinski definition) is 5. The van der Waals surface area contributed by atoms with E-state index in [9.17, 15) is 14.4 Å². The molecule has 0 bridgehead atoms.